The first-order valence-electron chi connectivity index (χ1n) is 11.8. The number of alkyl carbamates (subject to hydrolysis) is 1. The molecule has 0 bridgehead atoms. The van der Waals surface area contributed by atoms with Gasteiger partial charge in [0.05, 0.1) is 30.7 Å². The van der Waals surface area contributed by atoms with Gasteiger partial charge in [0, 0.05) is 22.0 Å². The highest BCUT2D eigenvalue weighted by molar-refractivity contribution is 7.89. The van der Waals surface area contributed by atoms with Crippen LogP contribution in [0.4, 0.5) is 10.5 Å². The van der Waals surface area contributed by atoms with Gasteiger partial charge in [-0.05, 0) is 61.1 Å². The average molecular weight is 539 g/mol. The van der Waals surface area contributed by atoms with Gasteiger partial charge >= 0.3 is 6.09 Å². The van der Waals surface area contributed by atoms with E-state index in [1.54, 1.807) is 6.07 Å². The second-order valence-corrected chi connectivity index (χ2v) is 12.2. The summed E-state index contributed by atoms with van der Waals surface area (Å²) in [4.78, 5) is 25.3. The maximum atomic E-state index is 13.6. The van der Waals surface area contributed by atoms with E-state index in [-0.39, 0.29) is 41.8 Å². The molecule has 1 unspecified atom stereocenters. The fraction of sp³-hybridized carbons (Fsp3) is 0.500. The fourth-order valence-corrected chi connectivity index (χ4v) is 6.95. The minimum absolute atomic E-state index is 0.0165. The van der Waals surface area contributed by atoms with Gasteiger partial charge in [-0.25, -0.2) is 13.2 Å². The van der Waals surface area contributed by atoms with Crippen LogP contribution < -0.4 is 16.4 Å². The Morgan fingerprint density at radius 3 is 2.36 bits per heavy atom. The molecule has 1 saturated carbocycles. The number of nitrogens with two attached hydrogens (primary N) is 1. The van der Waals surface area contributed by atoms with E-state index < -0.39 is 28.8 Å². The molecule has 0 radical (unpaired) electrons. The molecule has 1 heterocycles. The van der Waals surface area contributed by atoms with Crippen LogP contribution in [-0.2, 0) is 19.6 Å². The van der Waals surface area contributed by atoms with Crippen LogP contribution in [0.3, 0.4) is 0 Å². The predicted octanol–water partition coefficient (Wildman–Crippen LogP) is 2.63. The Balaban J connectivity index is 1.86. The minimum Gasteiger partial charge on any atom is -0.453 e. The van der Waals surface area contributed by atoms with E-state index in [1.807, 2.05) is 19.9 Å². The molecule has 1 aliphatic rings. The summed E-state index contributed by atoms with van der Waals surface area (Å²) in [5, 5.41) is 15.7. The second-order valence-electron chi connectivity index (χ2n) is 9.20. The first kappa shape index (κ1) is 27.9. The van der Waals surface area contributed by atoms with Gasteiger partial charge < -0.3 is 26.2 Å². The Bertz CT molecular complexity index is 1150. The lowest BCUT2D eigenvalue weighted by atomic mass is 10.1. The van der Waals surface area contributed by atoms with E-state index in [4.69, 9.17) is 5.73 Å². The molecule has 5 N–H and O–H groups in total. The molecular formula is C24H34N4O6S2. The van der Waals surface area contributed by atoms with Crippen molar-refractivity contribution in [3.8, 4) is 0 Å². The number of nitrogens with zero attached hydrogens (tertiary/aromatic N) is 1. The zero-order chi connectivity index (χ0) is 26.5. The van der Waals surface area contributed by atoms with Crippen molar-refractivity contribution in [1.29, 1.82) is 0 Å². The third kappa shape index (κ3) is 6.96. The van der Waals surface area contributed by atoms with Crippen molar-refractivity contribution < 1.29 is 27.9 Å². The minimum atomic E-state index is -3.92. The number of sulfonamides is 1. The number of carbonyl (C=O) groups excluding carboxylic acids is 2. The summed E-state index contributed by atoms with van der Waals surface area (Å²) in [5.74, 6) is -0.0717. The van der Waals surface area contributed by atoms with Crippen LogP contribution >= 0.6 is 11.3 Å². The zero-order valence-electron chi connectivity index (χ0n) is 20.6. The number of anilines is 1. The number of methoxy groups -OCH3 is 1. The third-order valence-electron chi connectivity index (χ3n) is 5.82. The number of nitrogens with one attached hydrogen (secondary N) is 2. The molecule has 0 saturated heterocycles. The highest BCUT2D eigenvalue weighted by Crippen LogP contribution is 2.44. The lowest BCUT2D eigenvalue weighted by molar-refractivity contribution is -0.121. The van der Waals surface area contributed by atoms with Crippen LogP contribution in [0.1, 0.15) is 48.5 Å². The molecule has 1 aliphatic carbocycles. The smallest absolute Gasteiger partial charge is 0.407 e. The molecule has 3 rings (SSSR count). The van der Waals surface area contributed by atoms with Crippen molar-refractivity contribution >= 4 is 39.0 Å². The normalized spacial score (nSPS) is 15.5. The molecule has 0 aliphatic heterocycles. The molecule has 1 fully saturated rings. The summed E-state index contributed by atoms with van der Waals surface area (Å²) in [7, 11) is -2.70. The number of hydrogen-bond donors (Lipinski definition) is 4. The average Bonchev–Trinajstić information content (AvgIpc) is 3.57. The van der Waals surface area contributed by atoms with Gasteiger partial charge in [0.15, 0.2) is 0 Å². The monoisotopic (exact) mass is 538 g/mol. The lowest BCUT2D eigenvalue weighted by Crippen LogP contribution is -2.39. The van der Waals surface area contributed by atoms with Gasteiger partial charge in [0.2, 0.25) is 15.9 Å². The van der Waals surface area contributed by atoms with Crippen molar-refractivity contribution in [3.05, 3.63) is 46.2 Å². The van der Waals surface area contributed by atoms with E-state index in [9.17, 15) is 23.1 Å². The number of amides is 2. The quantitative estimate of drug-likeness (QED) is 0.303. The number of thiophene rings is 1. The molecule has 1 aromatic carbocycles. The van der Waals surface area contributed by atoms with Gasteiger partial charge in [-0.15, -0.1) is 11.3 Å². The topological polar surface area (TPSA) is 151 Å². The molecule has 12 heteroatoms. The van der Waals surface area contributed by atoms with Crippen molar-refractivity contribution in [2.24, 2.45) is 11.8 Å². The van der Waals surface area contributed by atoms with Crippen molar-refractivity contribution in [3.63, 3.8) is 0 Å². The van der Waals surface area contributed by atoms with E-state index >= 15 is 0 Å². The number of aliphatic hydroxyl groups excluding tert-OH is 1. The van der Waals surface area contributed by atoms with Gasteiger partial charge in [-0.2, -0.15) is 4.31 Å². The Morgan fingerprint density at radius 2 is 1.81 bits per heavy atom. The summed E-state index contributed by atoms with van der Waals surface area (Å²) in [6.07, 6.45) is 1.22. The fourth-order valence-electron chi connectivity index (χ4n) is 3.87. The van der Waals surface area contributed by atoms with Crippen molar-refractivity contribution in [2.75, 3.05) is 32.5 Å². The predicted molar refractivity (Wildman–Crippen MR) is 138 cm³/mol. The summed E-state index contributed by atoms with van der Waals surface area (Å²) in [5.41, 5.74) is 6.20. The number of nitrogen functional groups attached to an aromatic ring is 1. The molecule has 36 heavy (non-hydrogen) atoms. The van der Waals surface area contributed by atoms with Crippen LogP contribution in [-0.4, -0.2) is 56.6 Å². The van der Waals surface area contributed by atoms with Crippen molar-refractivity contribution in [2.45, 2.75) is 43.7 Å². The summed E-state index contributed by atoms with van der Waals surface area (Å²) >= 11 is 1.37. The zero-order valence-corrected chi connectivity index (χ0v) is 22.3. The Morgan fingerprint density at radius 1 is 1.17 bits per heavy atom. The standard InChI is InChI=1S/C24H34N4O6S2/c1-15(2)13-28(36(32,33)18-8-6-17(25)7-9-18)19(14-29)20-10-11-21(35-20)23(16-4-5-16)27-22(30)12-26-24(31)34-3/h6-11,15-16,19,23,29H,4-5,12-14,25H2,1-3H3,(H,26,31)(H,27,30)/t19-,23?/m1/s1. The molecular weight excluding hydrogens is 504 g/mol. The largest absolute Gasteiger partial charge is 0.453 e. The van der Waals surface area contributed by atoms with Crippen LogP contribution in [0, 0.1) is 11.8 Å². The molecule has 10 nitrogen and oxygen atoms in total. The summed E-state index contributed by atoms with van der Waals surface area (Å²) < 4.78 is 33.0. The number of hydrogen-bond acceptors (Lipinski definition) is 8. The van der Waals surface area contributed by atoms with E-state index in [2.05, 4.69) is 15.4 Å². The summed E-state index contributed by atoms with van der Waals surface area (Å²) in [6.45, 7) is 3.44. The van der Waals surface area contributed by atoms with E-state index in [1.165, 1.54) is 47.0 Å². The first-order chi connectivity index (χ1) is 17.1. The molecule has 2 amide bonds. The highest BCUT2D eigenvalue weighted by Gasteiger charge is 2.37. The Kier molecular flexibility index (Phi) is 9.34. The van der Waals surface area contributed by atoms with Crippen molar-refractivity contribution in [1.82, 2.24) is 14.9 Å². The third-order valence-corrected chi connectivity index (χ3v) is 8.98. The number of carbonyl (C=O) groups is 2. The van der Waals surface area contributed by atoms with Gasteiger partial charge in [-0.3, -0.25) is 4.79 Å². The first-order valence-corrected chi connectivity index (χ1v) is 14.0. The molecule has 198 valence electrons. The van der Waals surface area contributed by atoms with E-state index in [0.29, 0.717) is 10.6 Å². The van der Waals surface area contributed by atoms with Crippen LogP contribution in [0.2, 0.25) is 0 Å². The summed E-state index contributed by atoms with van der Waals surface area (Å²) in [6, 6.07) is 8.63. The Hall–Kier alpha value is -2.67. The van der Waals surface area contributed by atoms with E-state index in [0.717, 1.165) is 17.7 Å². The molecule has 2 aromatic rings. The Labute approximate surface area is 215 Å². The van der Waals surface area contributed by atoms with Crippen LogP contribution in [0.5, 0.6) is 0 Å². The number of benzene rings is 1. The number of rotatable bonds is 12. The van der Waals surface area contributed by atoms with Crippen LogP contribution in [0.15, 0.2) is 41.3 Å². The van der Waals surface area contributed by atoms with Gasteiger partial charge in [0.1, 0.15) is 6.54 Å². The van der Waals surface area contributed by atoms with Gasteiger partial charge in [-0.1, -0.05) is 13.8 Å². The van der Waals surface area contributed by atoms with Crippen LogP contribution in [0.25, 0.3) is 0 Å². The number of ether oxygens (including phenoxy) is 1. The van der Waals surface area contributed by atoms with Gasteiger partial charge in [0.25, 0.3) is 0 Å². The number of aliphatic hydroxyl groups is 1. The maximum Gasteiger partial charge on any atom is 0.407 e. The SMILES string of the molecule is COC(=O)NCC(=O)NC(c1ccc([C@@H](CO)N(CC(C)C)S(=O)(=O)c2ccc(N)cc2)s1)C1CC1. The highest BCUT2D eigenvalue weighted by atomic mass is 32.2. The lowest BCUT2D eigenvalue weighted by Gasteiger charge is -2.30. The maximum absolute atomic E-state index is 13.6. The second kappa shape index (κ2) is 12.0. The molecule has 2 atom stereocenters. The molecule has 0 spiro atoms. The molecule has 1 aromatic heterocycles.